The summed E-state index contributed by atoms with van der Waals surface area (Å²) in [6, 6.07) is 7.55. The quantitative estimate of drug-likeness (QED) is 0.153. The Morgan fingerprint density at radius 3 is 2.40 bits per heavy atom. The zero-order valence-corrected chi connectivity index (χ0v) is 15.6. The van der Waals surface area contributed by atoms with Gasteiger partial charge >= 0.3 is 5.97 Å². The van der Waals surface area contributed by atoms with Gasteiger partial charge in [-0.25, -0.2) is 4.79 Å². The van der Waals surface area contributed by atoms with Crippen molar-refractivity contribution in [3.63, 3.8) is 0 Å². The fraction of sp³-hybridized carbons (Fsp3) is 0. The Bertz CT molecular complexity index is 1350. The number of carboxylic acids is 1. The minimum absolute atomic E-state index is 0.00457. The monoisotopic (exact) mass is 432 g/mol. The van der Waals surface area contributed by atoms with E-state index in [4.69, 9.17) is 5.73 Å². The molecule has 0 radical (unpaired) electrons. The van der Waals surface area contributed by atoms with Gasteiger partial charge in [0, 0.05) is 18.2 Å². The number of nitro groups is 1. The SMILES string of the molecule is Nc1ccc2cc(S(=O)(=O)O)cc(O)c2c1/N=N/c1ccc([N+](=O)[O-])cc1C(=O)O. The molecule has 0 bridgehead atoms. The van der Waals surface area contributed by atoms with Gasteiger partial charge in [-0.15, -0.1) is 10.2 Å². The van der Waals surface area contributed by atoms with Crippen molar-refractivity contribution in [2.75, 3.05) is 5.73 Å². The lowest BCUT2D eigenvalue weighted by atomic mass is 10.1. The largest absolute Gasteiger partial charge is 0.507 e. The van der Waals surface area contributed by atoms with E-state index in [1.54, 1.807) is 0 Å². The van der Waals surface area contributed by atoms with Crippen molar-refractivity contribution in [1.29, 1.82) is 0 Å². The average Bonchev–Trinajstić information content (AvgIpc) is 2.66. The first-order chi connectivity index (χ1) is 14.0. The summed E-state index contributed by atoms with van der Waals surface area (Å²) in [6.07, 6.45) is 0. The topological polar surface area (TPSA) is 206 Å². The van der Waals surface area contributed by atoms with Crippen LogP contribution in [0.15, 0.2) is 57.6 Å². The molecule has 30 heavy (non-hydrogen) atoms. The maximum Gasteiger partial charge on any atom is 0.338 e. The number of anilines is 1. The number of hydrogen-bond acceptors (Lipinski definition) is 9. The van der Waals surface area contributed by atoms with Crippen molar-refractivity contribution in [2.24, 2.45) is 10.2 Å². The summed E-state index contributed by atoms with van der Waals surface area (Å²) in [4.78, 5) is 20.9. The van der Waals surface area contributed by atoms with Crippen LogP contribution in [0.3, 0.4) is 0 Å². The Kier molecular flexibility index (Phi) is 5.07. The summed E-state index contributed by atoms with van der Waals surface area (Å²) in [7, 11) is -4.59. The number of phenolic OH excluding ortho intramolecular Hbond substituents is 1. The van der Waals surface area contributed by atoms with Crippen LogP contribution in [-0.4, -0.2) is 34.1 Å². The van der Waals surface area contributed by atoms with Crippen molar-refractivity contribution < 1.29 is 32.9 Å². The molecule has 0 atom stereocenters. The van der Waals surface area contributed by atoms with E-state index >= 15 is 0 Å². The molecule has 13 heteroatoms. The molecule has 0 spiro atoms. The molecule has 0 saturated heterocycles. The van der Waals surface area contributed by atoms with Crippen molar-refractivity contribution in [1.82, 2.24) is 0 Å². The molecule has 0 aliphatic rings. The summed E-state index contributed by atoms with van der Waals surface area (Å²) in [5.41, 5.74) is 4.66. The van der Waals surface area contributed by atoms with E-state index in [-0.39, 0.29) is 27.8 Å². The van der Waals surface area contributed by atoms with Gasteiger partial charge in [0.05, 0.1) is 26.5 Å². The molecule has 0 fully saturated rings. The van der Waals surface area contributed by atoms with Crippen LogP contribution < -0.4 is 5.73 Å². The van der Waals surface area contributed by atoms with E-state index in [0.717, 1.165) is 30.3 Å². The molecular formula is C17H12N4O8S. The highest BCUT2D eigenvalue weighted by Crippen LogP contribution is 2.40. The number of non-ortho nitro benzene ring substituents is 1. The second-order valence-electron chi connectivity index (χ2n) is 5.98. The fourth-order valence-electron chi connectivity index (χ4n) is 2.67. The molecule has 0 saturated carbocycles. The molecule has 0 amide bonds. The second kappa shape index (κ2) is 7.38. The maximum absolute atomic E-state index is 11.4. The zero-order chi connectivity index (χ0) is 22.2. The van der Waals surface area contributed by atoms with E-state index in [2.05, 4.69) is 10.2 Å². The molecule has 0 aliphatic carbocycles. The van der Waals surface area contributed by atoms with E-state index in [1.807, 2.05) is 0 Å². The normalized spacial score (nSPS) is 11.8. The first-order valence-corrected chi connectivity index (χ1v) is 9.39. The molecular weight excluding hydrogens is 420 g/mol. The van der Waals surface area contributed by atoms with Crippen LogP contribution in [0.4, 0.5) is 22.7 Å². The molecule has 12 nitrogen and oxygen atoms in total. The minimum Gasteiger partial charge on any atom is -0.507 e. The zero-order valence-electron chi connectivity index (χ0n) is 14.8. The van der Waals surface area contributed by atoms with E-state index in [9.17, 15) is 38.1 Å². The number of azo groups is 1. The van der Waals surface area contributed by atoms with Crippen LogP contribution >= 0.6 is 0 Å². The minimum atomic E-state index is -4.59. The Labute approximate surface area is 167 Å². The molecule has 0 aliphatic heterocycles. The molecule has 3 aromatic rings. The van der Waals surface area contributed by atoms with Crippen LogP contribution in [0.1, 0.15) is 10.4 Å². The second-order valence-corrected chi connectivity index (χ2v) is 7.40. The van der Waals surface area contributed by atoms with Crippen LogP contribution in [-0.2, 0) is 10.1 Å². The lowest BCUT2D eigenvalue weighted by Crippen LogP contribution is -1.99. The van der Waals surface area contributed by atoms with Gasteiger partial charge in [0.1, 0.15) is 17.1 Å². The number of fused-ring (bicyclic) bond motifs is 1. The third kappa shape index (κ3) is 3.87. The van der Waals surface area contributed by atoms with Gasteiger partial charge in [0.15, 0.2) is 0 Å². The standard InChI is InChI=1S/C17H12N4O8S/c18-12-3-1-8-5-10(30(27,28)29)7-14(22)15(8)16(12)20-19-13-4-2-9(21(25)26)6-11(13)17(23)24/h1-7,22H,18H2,(H,23,24)(H,27,28,29)/b20-19+. The Balaban J connectivity index is 2.19. The summed E-state index contributed by atoms with van der Waals surface area (Å²) in [5, 5.41) is 38.2. The number of aromatic carboxylic acids is 1. The highest BCUT2D eigenvalue weighted by atomic mass is 32.2. The molecule has 154 valence electrons. The van der Waals surface area contributed by atoms with Crippen molar-refractivity contribution in [3.8, 4) is 5.75 Å². The van der Waals surface area contributed by atoms with Gasteiger partial charge in [-0.1, -0.05) is 6.07 Å². The lowest BCUT2D eigenvalue weighted by molar-refractivity contribution is -0.384. The van der Waals surface area contributed by atoms with Crippen LogP contribution in [0.2, 0.25) is 0 Å². The number of carboxylic acid groups (broad SMARTS) is 1. The third-order valence-electron chi connectivity index (χ3n) is 4.05. The first kappa shape index (κ1) is 20.6. The Morgan fingerprint density at radius 1 is 1.10 bits per heavy atom. The predicted octanol–water partition coefficient (Wildman–Crippen LogP) is 3.40. The van der Waals surface area contributed by atoms with Crippen molar-refractivity contribution >= 4 is 49.6 Å². The molecule has 0 aromatic heterocycles. The van der Waals surface area contributed by atoms with Gasteiger partial charge < -0.3 is 15.9 Å². The van der Waals surface area contributed by atoms with E-state index in [1.165, 1.54) is 12.1 Å². The number of carbonyl (C=O) groups is 1. The predicted molar refractivity (Wildman–Crippen MR) is 104 cm³/mol. The van der Waals surface area contributed by atoms with Crippen molar-refractivity contribution in [2.45, 2.75) is 4.90 Å². The van der Waals surface area contributed by atoms with Crippen LogP contribution in [0.5, 0.6) is 5.75 Å². The average molecular weight is 432 g/mol. The number of benzene rings is 3. The van der Waals surface area contributed by atoms with Gasteiger partial charge in [0.25, 0.3) is 15.8 Å². The number of hydrogen-bond donors (Lipinski definition) is 4. The lowest BCUT2D eigenvalue weighted by Gasteiger charge is -2.09. The number of nitro benzene ring substituents is 1. The third-order valence-corrected chi connectivity index (χ3v) is 4.88. The van der Waals surface area contributed by atoms with E-state index < -0.39 is 42.9 Å². The fourth-order valence-corrected chi connectivity index (χ4v) is 3.21. The molecule has 0 unspecified atom stereocenters. The Morgan fingerprint density at radius 2 is 1.80 bits per heavy atom. The highest BCUT2D eigenvalue weighted by Gasteiger charge is 2.18. The van der Waals surface area contributed by atoms with Gasteiger partial charge in [-0.3, -0.25) is 14.7 Å². The summed E-state index contributed by atoms with van der Waals surface area (Å²) < 4.78 is 31.9. The summed E-state index contributed by atoms with van der Waals surface area (Å²) in [6.45, 7) is 0. The number of nitrogen functional groups attached to an aromatic ring is 1. The molecule has 3 aromatic carbocycles. The van der Waals surface area contributed by atoms with E-state index in [0.29, 0.717) is 0 Å². The molecule has 0 heterocycles. The van der Waals surface area contributed by atoms with Gasteiger partial charge in [-0.05, 0) is 23.6 Å². The summed E-state index contributed by atoms with van der Waals surface area (Å²) in [5.74, 6) is -2.04. The summed E-state index contributed by atoms with van der Waals surface area (Å²) >= 11 is 0. The van der Waals surface area contributed by atoms with Crippen molar-refractivity contribution in [3.05, 3.63) is 58.1 Å². The first-order valence-electron chi connectivity index (χ1n) is 7.95. The number of rotatable bonds is 5. The molecule has 5 N–H and O–H groups in total. The maximum atomic E-state index is 11.4. The molecule has 3 rings (SSSR count). The Hall–Kier alpha value is -4.10. The van der Waals surface area contributed by atoms with Gasteiger partial charge in [0.2, 0.25) is 0 Å². The number of nitrogens with two attached hydrogens (primary N) is 1. The van der Waals surface area contributed by atoms with Gasteiger partial charge in [-0.2, -0.15) is 8.42 Å². The number of phenols is 1. The van der Waals surface area contributed by atoms with Crippen LogP contribution in [0.25, 0.3) is 10.8 Å². The highest BCUT2D eigenvalue weighted by molar-refractivity contribution is 7.85. The van der Waals surface area contributed by atoms with Crippen LogP contribution in [0, 0.1) is 10.1 Å². The smallest absolute Gasteiger partial charge is 0.338 e. The number of aromatic hydroxyl groups is 1. The number of nitrogens with zero attached hydrogens (tertiary/aromatic N) is 3.